The summed E-state index contributed by atoms with van der Waals surface area (Å²) in [6.45, 7) is 8.99. The molecule has 8 nitrogen and oxygen atoms in total. The molecule has 0 bridgehead atoms. The summed E-state index contributed by atoms with van der Waals surface area (Å²) in [5.41, 5.74) is 0.799. The van der Waals surface area contributed by atoms with Gasteiger partial charge in [-0.3, -0.25) is 4.79 Å². The number of rotatable bonds is 9. The van der Waals surface area contributed by atoms with Gasteiger partial charge in [0.05, 0.1) is 16.1 Å². The summed E-state index contributed by atoms with van der Waals surface area (Å²) >= 11 is 0. The maximum Gasteiger partial charge on any atom is 0.340 e. The van der Waals surface area contributed by atoms with Gasteiger partial charge in [0.15, 0.2) is 6.61 Å². The number of carbonyl (C=O) groups excluding carboxylic acids is 2. The lowest BCUT2D eigenvalue weighted by Crippen LogP contribution is -2.34. The van der Waals surface area contributed by atoms with E-state index in [9.17, 15) is 18.0 Å². The molecule has 0 spiro atoms. The molecule has 1 aliphatic heterocycles. The van der Waals surface area contributed by atoms with Crippen LogP contribution in [0.1, 0.15) is 50.9 Å². The van der Waals surface area contributed by atoms with Crippen molar-refractivity contribution >= 4 is 27.6 Å². The van der Waals surface area contributed by atoms with Gasteiger partial charge in [-0.05, 0) is 44.9 Å². The highest BCUT2D eigenvalue weighted by Gasteiger charge is 2.27. The number of esters is 1. The van der Waals surface area contributed by atoms with Gasteiger partial charge in [0.25, 0.3) is 5.91 Å². The van der Waals surface area contributed by atoms with Gasteiger partial charge in [0.2, 0.25) is 10.0 Å². The summed E-state index contributed by atoms with van der Waals surface area (Å²) in [4.78, 5) is 26.7. The van der Waals surface area contributed by atoms with Crippen molar-refractivity contribution in [1.82, 2.24) is 9.62 Å². The molecule has 0 aliphatic carbocycles. The average molecular weight is 426 g/mol. The Morgan fingerprint density at radius 1 is 1.17 bits per heavy atom. The van der Waals surface area contributed by atoms with Crippen LogP contribution in [0.25, 0.3) is 0 Å². The quantitative estimate of drug-likeness (QED) is 0.608. The third-order valence-electron chi connectivity index (χ3n) is 4.76. The molecule has 0 atom stereocenters. The van der Waals surface area contributed by atoms with Crippen molar-refractivity contribution in [1.29, 1.82) is 0 Å². The zero-order valence-corrected chi connectivity index (χ0v) is 18.4. The largest absolute Gasteiger partial charge is 0.452 e. The van der Waals surface area contributed by atoms with E-state index in [0.717, 1.165) is 25.9 Å². The van der Waals surface area contributed by atoms with Crippen molar-refractivity contribution in [3.05, 3.63) is 23.8 Å². The van der Waals surface area contributed by atoms with Crippen molar-refractivity contribution in [2.75, 3.05) is 37.7 Å². The number of carbonyl (C=O) groups is 2. The van der Waals surface area contributed by atoms with Gasteiger partial charge in [0.1, 0.15) is 0 Å². The fraction of sp³-hybridized carbons (Fsp3) is 0.600. The molecule has 0 aromatic heterocycles. The van der Waals surface area contributed by atoms with Gasteiger partial charge < -0.3 is 15.0 Å². The highest BCUT2D eigenvalue weighted by atomic mass is 32.2. The molecule has 1 aliphatic rings. The summed E-state index contributed by atoms with van der Waals surface area (Å²) < 4.78 is 32.3. The molecule has 29 heavy (non-hydrogen) atoms. The number of ether oxygens (including phenoxy) is 1. The lowest BCUT2D eigenvalue weighted by Gasteiger charge is -2.23. The van der Waals surface area contributed by atoms with Gasteiger partial charge in [-0.25, -0.2) is 13.2 Å². The minimum atomic E-state index is -3.72. The first kappa shape index (κ1) is 23.2. The second-order valence-corrected chi connectivity index (χ2v) is 9.20. The Morgan fingerprint density at radius 3 is 2.34 bits per heavy atom. The van der Waals surface area contributed by atoms with Crippen LogP contribution in [0.15, 0.2) is 23.1 Å². The molecule has 1 fully saturated rings. The van der Waals surface area contributed by atoms with Crippen molar-refractivity contribution in [3.63, 3.8) is 0 Å². The molecule has 1 heterocycles. The SMILES string of the molecule is CCN(CC)S(=O)(=O)c1ccc(N2CCCC2)c(C(=O)OCC(=O)NC(C)C)c1. The van der Waals surface area contributed by atoms with Crippen LogP contribution in [-0.4, -0.2) is 63.4 Å². The van der Waals surface area contributed by atoms with E-state index >= 15 is 0 Å². The minimum absolute atomic E-state index is 0.0442. The molecule has 2 rings (SSSR count). The average Bonchev–Trinajstić information content (AvgIpc) is 3.20. The summed E-state index contributed by atoms with van der Waals surface area (Å²) in [5.74, 6) is -1.11. The van der Waals surface area contributed by atoms with Crippen LogP contribution in [0.4, 0.5) is 5.69 Å². The number of nitrogens with one attached hydrogen (secondary N) is 1. The van der Waals surface area contributed by atoms with Crippen LogP contribution in [0.5, 0.6) is 0 Å². The molecule has 0 unspecified atom stereocenters. The van der Waals surface area contributed by atoms with E-state index in [1.54, 1.807) is 19.9 Å². The molecule has 1 aromatic carbocycles. The van der Waals surface area contributed by atoms with Crippen LogP contribution < -0.4 is 10.2 Å². The first-order valence-corrected chi connectivity index (χ1v) is 11.5. The lowest BCUT2D eigenvalue weighted by molar-refractivity contribution is -0.124. The van der Waals surface area contributed by atoms with Crippen LogP contribution in [0, 0.1) is 0 Å². The molecule has 1 saturated heterocycles. The molecular weight excluding hydrogens is 394 g/mol. The standard InChI is InChI=1S/C20H31N3O5S/c1-5-23(6-2)29(26,27)16-9-10-18(22-11-7-8-12-22)17(13-16)20(25)28-14-19(24)21-15(3)4/h9-10,13,15H,5-8,11-12,14H2,1-4H3,(H,21,24). The van der Waals surface area contributed by atoms with Crippen molar-refractivity contribution in [2.45, 2.75) is 51.5 Å². The first-order chi connectivity index (χ1) is 13.7. The topological polar surface area (TPSA) is 96.0 Å². The van der Waals surface area contributed by atoms with E-state index in [1.807, 2.05) is 18.7 Å². The third kappa shape index (κ3) is 5.70. The van der Waals surface area contributed by atoms with Crippen LogP contribution >= 0.6 is 0 Å². The molecule has 0 radical (unpaired) electrons. The Bertz CT molecular complexity index is 829. The van der Waals surface area contributed by atoms with Crippen LogP contribution in [0.3, 0.4) is 0 Å². The van der Waals surface area contributed by atoms with E-state index < -0.39 is 28.5 Å². The predicted molar refractivity (Wildman–Crippen MR) is 112 cm³/mol. The lowest BCUT2D eigenvalue weighted by atomic mass is 10.1. The molecule has 1 N–H and O–H groups in total. The summed E-state index contributed by atoms with van der Waals surface area (Å²) in [5, 5.41) is 2.66. The first-order valence-electron chi connectivity index (χ1n) is 10.1. The number of hydrogen-bond donors (Lipinski definition) is 1. The third-order valence-corrected chi connectivity index (χ3v) is 6.81. The Morgan fingerprint density at radius 2 is 1.79 bits per heavy atom. The van der Waals surface area contributed by atoms with Crippen LogP contribution in [-0.2, 0) is 19.6 Å². The van der Waals surface area contributed by atoms with Gasteiger partial charge in [-0.15, -0.1) is 0 Å². The number of nitrogens with zero attached hydrogens (tertiary/aromatic N) is 2. The monoisotopic (exact) mass is 425 g/mol. The smallest absolute Gasteiger partial charge is 0.340 e. The van der Waals surface area contributed by atoms with E-state index in [1.165, 1.54) is 16.4 Å². The summed E-state index contributed by atoms with van der Waals surface area (Å²) in [6, 6.07) is 4.49. The Balaban J connectivity index is 2.35. The maximum atomic E-state index is 12.9. The van der Waals surface area contributed by atoms with Crippen LogP contribution in [0.2, 0.25) is 0 Å². The summed E-state index contributed by atoms with van der Waals surface area (Å²) in [6.07, 6.45) is 2.01. The summed E-state index contributed by atoms with van der Waals surface area (Å²) in [7, 11) is -3.72. The Hall–Kier alpha value is -2.13. The van der Waals surface area contributed by atoms with Gasteiger partial charge in [-0.1, -0.05) is 13.8 Å². The zero-order chi connectivity index (χ0) is 21.6. The number of amides is 1. The number of benzene rings is 1. The normalized spacial score (nSPS) is 14.5. The second kappa shape index (κ2) is 10.1. The highest BCUT2D eigenvalue weighted by molar-refractivity contribution is 7.89. The van der Waals surface area contributed by atoms with E-state index in [-0.39, 0.29) is 16.5 Å². The van der Waals surface area contributed by atoms with E-state index in [2.05, 4.69) is 5.32 Å². The molecular formula is C20H31N3O5S. The van der Waals surface area contributed by atoms with Crippen molar-refractivity contribution < 1.29 is 22.7 Å². The number of anilines is 1. The molecule has 9 heteroatoms. The molecule has 162 valence electrons. The highest BCUT2D eigenvalue weighted by Crippen LogP contribution is 2.29. The maximum absolute atomic E-state index is 12.9. The van der Waals surface area contributed by atoms with E-state index in [0.29, 0.717) is 18.8 Å². The number of sulfonamides is 1. The minimum Gasteiger partial charge on any atom is -0.452 e. The number of hydrogen-bond acceptors (Lipinski definition) is 6. The van der Waals surface area contributed by atoms with Crippen molar-refractivity contribution in [3.8, 4) is 0 Å². The molecule has 0 saturated carbocycles. The van der Waals surface area contributed by atoms with Crippen molar-refractivity contribution in [2.24, 2.45) is 0 Å². The fourth-order valence-corrected chi connectivity index (χ4v) is 4.84. The Labute approximate surface area is 173 Å². The second-order valence-electron chi connectivity index (χ2n) is 7.26. The zero-order valence-electron chi connectivity index (χ0n) is 17.6. The van der Waals surface area contributed by atoms with Gasteiger partial charge in [0, 0.05) is 32.2 Å². The fourth-order valence-electron chi connectivity index (χ4n) is 3.36. The molecule has 1 amide bonds. The molecule has 1 aromatic rings. The van der Waals surface area contributed by atoms with Gasteiger partial charge in [-0.2, -0.15) is 4.31 Å². The Kier molecular flexibility index (Phi) is 8.04. The van der Waals surface area contributed by atoms with Gasteiger partial charge >= 0.3 is 5.97 Å². The predicted octanol–water partition coefficient (Wildman–Crippen LogP) is 2.00. The van der Waals surface area contributed by atoms with E-state index in [4.69, 9.17) is 4.74 Å².